The van der Waals surface area contributed by atoms with Crippen molar-refractivity contribution in [1.82, 2.24) is 9.72 Å². The molecule has 0 aliphatic heterocycles. The minimum Gasteiger partial charge on any atom is -0.448 e. The van der Waals surface area contributed by atoms with E-state index in [1.165, 1.54) is 41.9 Å². The molecule has 1 amide bonds. The first-order chi connectivity index (χ1) is 21.0. The number of carbonyl (C=O) groups is 2. The van der Waals surface area contributed by atoms with Gasteiger partial charge in [0, 0.05) is 34.8 Å². The van der Waals surface area contributed by atoms with E-state index in [0.717, 1.165) is 0 Å². The third-order valence-electron chi connectivity index (χ3n) is 6.84. The first kappa shape index (κ1) is 30.5. The van der Waals surface area contributed by atoms with Gasteiger partial charge in [0.15, 0.2) is 11.9 Å². The molecule has 2 N–H and O–H groups in total. The molecule has 3 aromatic carbocycles. The molecule has 0 saturated carbocycles. The number of esters is 1. The Morgan fingerprint density at radius 3 is 2.30 bits per heavy atom. The zero-order valence-corrected chi connectivity index (χ0v) is 25.4. The number of fused-ring (bicyclic) bond motifs is 1. The number of ether oxygens (including phenoxy) is 1. The maximum atomic E-state index is 13.7. The lowest BCUT2D eigenvalue weighted by atomic mass is 9.96. The summed E-state index contributed by atoms with van der Waals surface area (Å²) >= 11 is 6.10. The summed E-state index contributed by atoms with van der Waals surface area (Å²) in [4.78, 5) is 40.0. The third-order valence-corrected chi connectivity index (χ3v) is 8.46. The standard InChI is InChI=1S/C31H27ClN4O7S/c1-4-25(29(37)33-21-13-15-22(16-14-21)44(40,41)35-26-17-18(2)43-34-26)42-31(39)28-27(19-9-11-20(32)12-10-19)23-7-5-6-8-24(23)30(38)36(28)3/h5-17,25H,4H2,1-3H3,(H,33,37)(H,34,35). The van der Waals surface area contributed by atoms with E-state index in [4.69, 9.17) is 20.9 Å². The number of aryl methyl sites for hydroxylation is 1. The molecule has 226 valence electrons. The topological polar surface area (TPSA) is 150 Å². The van der Waals surface area contributed by atoms with Crippen LogP contribution >= 0.6 is 11.6 Å². The van der Waals surface area contributed by atoms with E-state index in [9.17, 15) is 22.8 Å². The van der Waals surface area contributed by atoms with Gasteiger partial charge in [0.25, 0.3) is 21.5 Å². The van der Waals surface area contributed by atoms with E-state index in [-0.39, 0.29) is 28.5 Å². The minimum absolute atomic E-state index is 0.0216. The van der Waals surface area contributed by atoms with E-state index in [1.807, 2.05) is 0 Å². The Morgan fingerprint density at radius 2 is 1.68 bits per heavy atom. The van der Waals surface area contributed by atoms with Crippen LogP contribution in [-0.2, 0) is 26.6 Å². The van der Waals surface area contributed by atoms with Crippen LogP contribution in [0.25, 0.3) is 21.9 Å². The molecule has 0 spiro atoms. The van der Waals surface area contributed by atoms with Gasteiger partial charge in [-0.2, -0.15) is 0 Å². The van der Waals surface area contributed by atoms with Crippen LogP contribution in [0.3, 0.4) is 0 Å². The van der Waals surface area contributed by atoms with E-state index in [0.29, 0.717) is 32.7 Å². The fraction of sp³-hybridized carbons (Fsp3) is 0.161. The fourth-order valence-corrected chi connectivity index (χ4v) is 5.78. The lowest BCUT2D eigenvalue weighted by Gasteiger charge is -2.20. The molecule has 0 bridgehead atoms. The summed E-state index contributed by atoms with van der Waals surface area (Å²) in [7, 11) is -2.48. The van der Waals surface area contributed by atoms with Gasteiger partial charge in [0.05, 0.1) is 4.90 Å². The zero-order chi connectivity index (χ0) is 31.6. The number of carbonyl (C=O) groups excluding carboxylic acids is 2. The van der Waals surface area contributed by atoms with Gasteiger partial charge in [0.1, 0.15) is 11.5 Å². The summed E-state index contributed by atoms with van der Waals surface area (Å²) in [6, 6.07) is 20.6. The van der Waals surface area contributed by atoms with Gasteiger partial charge in [-0.25, -0.2) is 13.2 Å². The number of nitrogens with one attached hydrogen (secondary N) is 2. The van der Waals surface area contributed by atoms with E-state index < -0.39 is 33.6 Å². The highest BCUT2D eigenvalue weighted by Crippen LogP contribution is 2.32. The molecule has 1 unspecified atom stereocenters. The molecule has 11 nitrogen and oxygen atoms in total. The predicted molar refractivity (Wildman–Crippen MR) is 166 cm³/mol. The lowest BCUT2D eigenvalue weighted by molar-refractivity contribution is -0.124. The Hall–Kier alpha value is -4.94. The fourth-order valence-electron chi connectivity index (χ4n) is 4.67. The first-order valence-electron chi connectivity index (χ1n) is 13.4. The number of rotatable bonds is 9. The van der Waals surface area contributed by atoms with E-state index in [2.05, 4.69) is 15.2 Å². The number of hydrogen-bond acceptors (Lipinski definition) is 8. The highest BCUT2D eigenvalue weighted by Gasteiger charge is 2.28. The number of benzene rings is 3. The molecule has 13 heteroatoms. The molecule has 5 rings (SSSR count). The zero-order valence-electron chi connectivity index (χ0n) is 23.8. The molecule has 1 atom stereocenters. The van der Waals surface area contributed by atoms with Crippen molar-refractivity contribution in [2.24, 2.45) is 7.05 Å². The molecular weight excluding hydrogens is 608 g/mol. The Kier molecular flexibility index (Phi) is 8.56. The molecule has 0 radical (unpaired) electrons. The van der Waals surface area contributed by atoms with Crippen molar-refractivity contribution >= 4 is 55.8 Å². The van der Waals surface area contributed by atoms with Crippen molar-refractivity contribution in [1.29, 1.82) is 0 Å². The van der Waals surface area contributed by atoms with Crippen molar-refractivity contribution in [2.45, 2.75) is 31.3 Å². The largest absolute Gasteiger partial charge is 0.448 e. The van der Waals surface area contributed by atoms with Crippen LogP contribution in [0, 0.1) is 6.92 Å². The minimum atomic E-state index is -3.96. The summed E-state index contributed by atoms with van der Waals surface area (Å²) in [5.74, 6) is -1.02. The van der Waals surface area contributed by atoms with Crippen LogP contribution in [-0.4, -0.2) is 36.1 Å². The summed E-state index contributed by atoms with van der Waals surface area (Å²) in [5, 5.41) is 7.73. The number of anilines is 2. The number of pyridine rings is 1. The highest BCUT2D eigenvalue weighted by atomic mass is 35.5. The van der Waals surface area contributed by atoms with Gasteiger partial charge in [-0.05, 0) is 66.8 Å². The van der Waals surface area contributed by atoms with Crippen LogP contribution in [0.2, 0.25) is 5.02 Å². The summed E-state index contributed by atoms with van der Waals surface area (Å²) < 4.78 is 39.4. The molecule has 44 heavy (non-hydrogen) atoms. The smallest absolute Gasteiger partial charge is 0.356 e. The van der Waals surface area contributed by atoms with Gasteiger partial charge in [0.2, 0.25) is 0 Å². The van der Waals surface area contributed by atoms with Crippen LogP contribution in [0.15, 0.2) is 93.1 Å². The second kappa shape index (κ2) is 12.3. The number of hydrogen-bond donors (Lipinski definition) is 2. The monoisotopic (exact) mass is 634 g/mol. The average molecular weight is 635 g/mol. The Bertz CT molecular complexity index is 2040. The van der Waals surface area contributed by atoms with Crippen molar-refractivity contribution in [3.05, 3.63) is 106 Å². The summed E-state index contributed by atoms with van der Waals surface area (Å²) in [6.45, 7) is 3.30. The second-order valence-electron chi connectivity index (χ2n) is 9.88. The quantitative estimate of drug-likeness (QED) is 0.201. The normalized spacial score (nSPS) is 12.1. The van der Waals surface area contributed by atoms with Crippen LogP contribution in [0.1, 0.15) is 29.6 Å². The van der Waals surface area contributed by atoms with Crippen LogP contribution in [0.4, 0.5) is 11.5 Å². The third kappa shape index (κ3) is 6.21. The Balaban J connectivity index is 1.39. The van der Waals surface area contributed by atoms with Crippen molar-refractivity contribution < 1.29 is 27.3 Å². The molecule has 0 aliphatic carbocycles. The van der Waals surface area contributed by atoms with Gasteiger partial charge >= 0.3 is 5.97 Å². The summed E-state index contributed by atoms with van der Waals surface area (Å²) in [5.41, 5.74) is 0.956. The maximum absolute atomic E-state index is 13.7. The van der Waals surface area contributed by atoms with Gasteiger partial charge in [-0.15, -0.1) is 0 Å². The number of sulfonamides is 1. The number of halogens is 1. The highest BCUT2D eigenvalue weighted by molar-refractivity contribution is 7.92. The van der Waals surface area contributed by atoms with E-state index in [1.54, 1.807) is 62.4 Å². The van der Waals surface area contributed by atoms with Gasteiger partial charge in [-0.3, -0.25) is 14.3 Å². The molecular formula is C31H27ClN4O7S. The van der Waals surface area contributed by atoms with E-state index >= 15 is 0 Å². The van der Waals surface area contributed by atoms with Crippen LogP contribution in [0.5, 0.6) is 0 Å². The molecule has 0 saturated heterocycles. The molecule has 0 aliphatic rings. The molecule has 2 aromatic heterocycles. The van der Waals surface area contributed by atoms with Gasteiger partial charge < -0.3 is 19.1 Å². The Labute approximate surface area is 257 Å². The van der Waals surface area contributed by atoms with Crippen molar-refractivity contribution in [3.8, 4) is 11.1 Å². The van der Waals surface area contributed by atoms with Gasteiger partial charge in [-0.1, -0.05) is 54.0 Å². The SMILES string of the molecule is CCC(OC(=O)c1c(-c2ccc(Cl)cc2)c2ccccc2c(=O)n1C)C(=O)Nc1ccc(S(=O)(=O)Nc2cc(C)on2)cc1. The maximum Gasteiger partial charge on any atom is 0.356 e. The van der Waals surface area contributed by atoms with Crippen molar-refractivity contribution in [3.63, 3.8) is 0 Å². The predicted octanol–water partition coefficient (Wildman–Crippen LogP) is 5.53. The number of nitrogens with zero attached hydrogens (tertiary/aromatic N) is 2. The van der Waals surface area contributed by atoms with Crippen molar-refractivity contribution in [2.75, 3.05) is 10.0 Å². The van der Waals surface area contributed by atoms with Crippen LogP contribution < -0.4 is 15.6 Å². The lowest BCUT2D eigenvalue weighted by Crippen LogP contribution is -2.34. The first-order valence-corrected chi connectivity index (χ1v) is 15.3. The number of aromatic nitrogens is 2. The Morgan fingerprint density at radius 1 is 1.02 bits per heavy atom. The molecule has 0 fully saturated rings. The number of amides is 1. The second-order valence-corrected chi connectivity index (χ2v) is 12.0. The average Bonchev–Trinajstić information content (AvgIpc) is 3.41. The molecule has 2 heterocycles. The summed E-state index contributed by atoms with van der Waals surface area (Å²) in [6.07, 6.45) is -1.09. The molecule has 5 aromatic rings.